The minimum absolute atomic E-state index is 0.696. The van der Waals surface area contributed by atoms with E-state index in [1.165, 1.54) is 5.56 Å². The molecule has 21 heavy (non-hydrogen) atoms. The summed E-state index contributed by atoms with van der Waals surface area (Å²) in [5, 5.41) is 3.94. The number of thiocarbonyl (C=S) groups is 1. The SMILES string of the molecule is COc1cccc(CN(C)C(=S)Nc2ccc(C)cc2)c1. The van der Waals surface area contributed by atoms with Crippen LogP contribution in [0.4, 0.5) is 5.69 Å². The van der Waals surface area contributed by atoms with Gasteiger partial charge in [0.05, 0.1) is 7.11 Å². The van der Waals surface area contributed by atoms with Gasteiger partial charge in [0.25, 0.3) is 0 Å². The summed E-state index contributed by atoms with van der Waals surface area (Å²) in [4.78, 5) is 2.00. The summed E-state index contributed by atoms with van der Waals surface area (Å²) in [6, 6.07) is 16.2. The Labute approximate surface area is 131 Å². The van der Waals surface area contributed by atoms with Crippen molar-refractivity contribution in [2.45, 2.75) is 13.5 Å². The molecular formula is C17H20N2OS. The molecule has 0 aromatic heterocycles. The Balaban J connectivity index is 1.97. The van der Waals surface area contributed by atoms with Crippen molar-refractivity contribution in [1.82, 2.24) is 4.90 Å². The van der Waals surface area contributed by atoms with Gasteiger partial charge in [-0.1, -0.05) is 29.8 Å². The van der Waals surface area contributed by atoms with E-state index in [1.807, 2.05) is 42.3 Å². The molecule has 0 atom stereocenters. The summed E-state index contributed by atoms with van der Waals surface area (Å²) < 4.78 is 5.24. The Morgan fingerprint density at radius 1 is 1.19 bits per heavy atom. The van der Waals surface area contributed by atoms with Crippen LogP contribution in [0.1, 0.15) is 11.1 Å². The molecule has 0 amide bonds. The van der Waals surface area contributed by atoms with Gasteiger partial charge in [-0.05, 0) is 49.0 Å². The van der Waals surface area contributed by atoms with E-state index in [4.69, 9.17) is 17.0 Å². The number of anilines is 1. The van der Waals surface area contributed by atoms with Gasteiger partial charge in [-0.25, -0.2) is 0 Å². The van der Waals surface area contributed by atoms with Gasteiger partial charge in [-0.2, -0.15) is 0 Å². The fraction of sp³-hybridized carbons (Fsp3) is 0.235. The number of hydrogen-bond acceptors (Lipinski definition) is 2. The molecule has 4 heteroatoms. The first-order chi connectivity index (χ1) is 10.1. The molecule has 0 spiro atoms. The number of hydrogen-bond donors (Lipinski definition) is 1. The maximum Gasteiger partial charge on any atom is 0.173 e. The van der Waals surface area contributed by atoms with Crippen molar-refractivity contribution >= 4 is 23.0 Å². The van der Waals surface area contributed by atoms with Gasteiger partial charge in [0.2, 0.25) is 0 Å². The summed E-state index contributed by atoms with van der Waals surface area (Å²) in [6.07, 6.45) is 0. The molecule has 3 nitrogen and oxygen atoms in total. The second-order valence-corrected chi connectivity index (χ2v) is 5.39. The lowest BCUT2D eigenvalue weighted by molar-refractivity contribution is 0.413. The lowest BCUT2D eigenvalue weighted by Gasteiger charge is -2.21. The Bertz CT molecular complexity index is 610. The molecule has 0 aliphatic rings. The van der Waals surface area contributed by atoms with Crippen molar-refractivity contribution in [2.75, 3.05) is 19.5 Å². The van der Waals surface area contributed by atoms with Crippen LogP contribution in [0.15, 0.2) is 48.5 Å². The Morgan fingerprint density at radius 2 is 1.90 bits per heavy atom. The Hall–Kier alpha value is -2.07. The molecule has 1 N–H and O–H groups in total. The number of benzene rings is 2. The van der Waals surface area contributed by atoms with Crippen molar-refractivity contribution in [3.63, 3.8) is 0 Å². The molecule has 0 saturated heterocycles. The molecular weight excluding hydrogens is 280 g/mol. The zero-order valence-corrected chi connectivity index (χ0v) is 13.4. The quantitative estimate of drug-likeness (QED) is 0.867. The zero-order valence-electron chi connectivity index (χ0n) is 12.6. The van der Waals surface area contributed by atoms with E-state index in [-0.39, 0.29) is 0 Å². The first kappa shape index (κ1) is 15.3. The van der Waals surface area contributed by atoms with Crippen molar-refractivity contribution < 1.29 is 4.74 Å². The molecule has 2 rings (SSSR count). The van der Waals surface area contributed by atoms with Crippen molar-refractivity contribution in [3.8, 4) is 5.75 Å². The molecule has 0 aliphatic heterocycles. The third-order valence-electron chi connectivity index (χ3n) is 3.20. The fourth-order valence-corrected chi connectivity index (χ4v) is 2.15. The lowest BCUT2D eigenvalue weighted by Crippen LogP contribution is -2.30. The van der Waals surface area contributed by atoms with Gasteiger partial charge >= 0.3 is 0 Å². The third kappa shape index (κ3) is 4.46. The van der Waals surface area contributed by atoms with E-state index in [0.29, 0.717) is 5.11 Å². The number of ether oxygens (including phenoxy) is 1. The van der Waals surface area contributed by atoms with Gasteiger partial charge in [0.15, 0.2) is 5.11 Å². The first-order valence-electron chi connectivity index (χ1n) is 6.80. The highest BCUT2D eigenvalue weighted by Crippen LogP contribution is 2.15. The normalized spacial score (nSPS) is 10.0. The number of nitrogens with one attached hydrogen (secondary N) is 1. The van der Waals surface area contributed by atoms with E-state index in [9.17, 15) is 0 Å². The minimum atomic E-state index is 0.696. The second kappa shape index (κ2) is 7.09. The molecule has 0 radical (unpaired) electrons. The van der Waals surface area contributed by atoms with Crippen LogP contribution >= 0.6 is 12.2 Å². The van der Waals surface area contributed by atoms with E-state index in [0.717, 1.165) is 23.5 Å². The largest absolute Gasteiger partial charge is 0.497 e. The zero-order chi connectivity index (χ0) is 15.2. The molecule has 0 bridgehead atoms. The Kier molecular flexibility index (Phi) is 5.17. The molecule has 2 aromatic carbocycles. The van der Waals surface area contributed by atoms with Crippen molar-refractivity contribution in [1.29, 1.82) is 0 Å². The summed E-state index contributed by atoms with van der Waals surface area (Å²) in [6.45, 7) is 2.80. The average Bonchev–Trinajstić information content (AvgIpc) is 2.49. The van der Waals surface area contributed by atoms with Crippen LogP contribution in [0, 0.1) is 6.92 Å². The van der Waals surface area contributed by atoms with E-state index < -0.39 is 0 Å². The van der Waals surface area contributed by atoms with E-state index >= 15 is 0 Å². The van der Waals surface area contributed by atoms with Gasteiger partial charge in [0.1, 0.15) is 5.75 Å². The summed E-state index contributed by atoms with van der Waals surface area (Å²) >= 11 is 5.44. The van der Waals surface area contributed by atoms with Gasteiger partial charge in [-0.15, -0.1) is 0 Å². The smallest absolute Gasteiger partial charge is 0.173 e. The monoisotopic (exact) mass is 300 g/mol. The molecule has 0 unspecified atom stereocenters. The van der Waals surface area contributed by atoms with Crippen LogP contribution in [0.2, 0.25) is 0 Å². The van der Waals surface area contributed by atoms with Crippen LogP contribution in [0.5, 0.6) is 5.75 Å². The second-order valence-electron chi connectivity index (χ2n) is 5.00. The highest BCUT2D eigenvalue weighted by atomic mass is 32.1. The molecule has 0 saturated carbocycles. The van der Waals surface area contributed by atoms with E-state index in [1.54, 1.807) is 7.11 Å². The maximum absolute atomic E-state index is 5.44. The van der Waals surface area contributed by atoms with Gasteiger partial charge in [0, 0.05) is 19.3 Å². The predicted octanol–water partition coefficient (Wildman–Crippen LogP) is 3.83. The molecule has 0 heterocycles. The first-order valence-corrected chi connectivity index (χ1v) is 7.21. The number of methoxy groups -OCH3 is 1. The summed E-state index contributed by atoms with van der Waals surface area (Å²) in [7, 11) is 3.65. The minimum Gasteiger partial charge on any atom is -0.497 e. The number of rotatable bonds is 4. The maximum atomic E-state index is 5.44. The van der Waals surface area contributed by atoms with Gasteiger partial charge < -0.3 is 15.0 Å². The number of aryl methyl sites for hydroxylation is 1. The van der Waals surface area contributed by atoms with Crippen LogP contribution in [0.3, 0.4) is 0 Å². The fourth-order valence-electron chi connectivity index (χ4n) is 1.97. The summed E-state index contributed by atoms with van der Waals surface area (Å²) in [5.41, 5.74) is 3.39. The standard InChI is InChI=1S/C17H20N2OS/c1-13-7-9-15(10-8-13)18-17(21)19(2)12-14-5-4-6-16(11-14)20-3/h4-11H,12H2,1-3H3,(H,18,21). The Morgan fingerprint density at radius 3 is 2.57 bits per heavy atom. The highest BCUT2D eigenvalue weighted by Gasteiger charge is 2.06. The number of nitrogens with zero attached hydrogens (tertiary/aromatic N) is 1. The van der Waals surface area contributed by atoms with E-state index in [2.05, 4.69) is 30.4 Å². The molecule has 110 valence electrons. The van der Waals surface area contributed by atoms with Crippen molar-refractivity contribution in [2.24, 2.45) is 0 Å². The van der Waals surface area contributed by atoms with Crippen LogP contribution < -0.4 is 10.1 Å². The highest BCUT2D eigenvalue weighted by molar-refractivity contribution is 7.80. The van der Waals surface area contributed by atoms with Crippen molar-refractivity contribution in [3.05, 3.63) is 59.7 Å². The van der Waals surface area contributed by atoms with Crippen LogP contribution in [-0.2, 0) is 6.54 Å². The summed E-state index contributed by atoms with van der Waals surface area (Å²) in [5.74, 6) is 0.860. The molecule has 0 fully saturated rings. The predicted molar refractivity (Wildman–Crippen MR) is 91.9 cm³/mol. The van der Waals surface area contributed by atoms with Crippen LogP contribution in [-0.4, -0.2) is 24.2 Å². The molecule has 0 aliphatic carbocycles. The molecule has 2 aromatic rings. The van der Waals surface area contributed by atoms with Crippen LogP contribution in [0.25, 0.3) is 0 Å². The topological polar surface area (TPSA) is 24.5 Å². The van der Waals surface area contributed by atoms with Gasteiger partial charge in [-0.3, -0.25) is 0 Å². The average molecular weight is 300 g/mol. The third-order valence-corrected chi connectivity index (χ3v) is 3.62. The lowest BCUT2D eigenvalue weighted by atomic mass is 10.2.